The lowest BCUT2D eigenvalue weighted by atomic mass is 9.78. The maximum absolute atomic E-state index is 13.9. The van der Waals surface area contributed by atoms with E-state index in [1.54, 1.807) is 18.1 Å². The molecule has 23 heavy (non-hydrogen) atoms. The first-order valence-electron chi connectivity index (χ1n) is 7.82. The summed E-state index contributed by atoms with van der Waals surface area (Å²) in [4.78, 5) is 14.2. The molecule has 1 atom stereocenters. The lowest BCUT2D eigenvalue weighted by Gasteiger charge is -2.42. The van der Waals surface area contributed by atoms with Gasteiger partial charge in [0.2, 0.25) is 5.91 Å². The minimum Gasteiger partial charge on any atom is -0.396 e. The third-order valence-electron chi connectivity index (χ3n) is 4.58. The quantitative estimate of drug-likeness (QED) is 0.864. The number of rotatable bonds is 6. The largest absolute Gasteiger partial charge is 0.396 e. The van der Waals surface area contributed by atoms with Crippen LogP contribution in [-0.4, -0.2) is 49.3 Å². The van der Waals surface area contributed by atoms with E-state index >= 15 is 0 Å². The minimum absolute atomic E-state index is 0.0145. The molecule has 1 amide bonds. The van der Waals surface area contributed by atoms with Crippen LogP contribution in [0.2, 0.25) is 5.02 Å². The van der Waals surface area contributed by atoms with E-state index < -0.39 is 5.82 Å². The topological polar surface area (TPSA) is 49.8 Å². The van der Waals surface area contributed by atoms with Gasteiger partial charge in [-0.1, -0.05) is 17.7 Å². The minimum atomic E-state index is -0.462. The normalized spacial score (nSPS) is 21.5. The van der Waals surface area contributed by atoms with E-state index in [9.17, 15) is 14.3 Å². The van der Waals surface area contributed by atoms with E-state index in [0.717, 1.165) is 12.8 Å². The van der Waals surface area contributed by atoms with Gasteiger partial charge >= 0.3 is 0 Å². The maximum atomic E-state index is 13.9. The number of carbonyl (C=O) groups is 1. The van der Waals surface area contributed by atoms with Gasteiger partial charge in [0.25, 0.3) is 0 Å². The number of aliphatic hydroxyl groups is 1. The zero-order valence-electron chi connectivity index (χ0n) is 13.4. The van der Waals surface area contributed by atoms with Crippen molar-refractivity contribution in [1.29, 1.82) is 0 Å². The smallest absolute Gasteiger partial charge is 0.227 e. The molecule has 1 saturated heterocycles. The molecule has 1 heterocycles. The molecule has 1 aliphatic rings. The number of likely N-dealkylation sites (tertiary alicyclic amines) is 1. The van der Waals surface area contributed by atoms with Crippen LogP contribution in [0.15, 0.2) is 18.2 Å². The Kier molecular flexibility index (Phi) is 6.39. The summed E-state index contributed by atoms with van der Waals surface area (Å²) < 4.78 is 19.0. The number of aliphatic hydroxyl groups excluding tert-OH is 1. The molecule has 6 heteroatoms. The summed E-state index contributed by atoms with van der Waals surface area (Å²) in [5.74, 6) is -0.623. The molecule has 0 radical (unpaired) electrons. The van der Waals surface area contributed by atoms with Crippen LogP contribution in [-0.2, 0) is 16.0 Å². The van der Waals surface area contributed by atoms with Crippen LogP contribution < -0.4 is 0 Å². The summed E-state index contributed by atoms with van der Waals surface area (Å²) in [6.45, 7) is 1.65. The average molecular weight is 344 g/mol. The third-order valence-corrected chi connectivity index (χ3v) is 4.93. The van der Waals surface area contributed by atoms with Gasteiger partial charge in [-0.15, -0.1) is 0 Å². The first-order chi connectivity index (χ1) is 11.0. The summed E-state index contributed by atoms with van der Waals surface area (Å²) >= 11 is 6.00. The molecule has 1 N–H and O–H groups in total. The Morgan fingerprint density at radius 1 is 1.52 bits per heavy atom. The average Bonchev–Trinajstić information content (AvgIpc) is 2.56. The zero-order valence-corrected chi connectivity index (χ0v) is 14.1. The molecule has 1 aliphatic heterocycles. The fraction of sp³-hybridized carbons (Fsp3) is 0.588. The van der Waals surface area contributed by atoms with Gasteiger partial charge in [-0.25, -0.2) is 4.39 Å². The van der Waals surface area contributed by atoms with Crippen molar-refractivity contribution in [3.05, 3.63) is 34.6 Å². The van der Waals surface area contributed by atoms with E-state index in [1.165, 1.54) is 12.1 Å². The molecule has 0 aliphatic carbocycles. The van der Waals surface area contributed by atoms with Crippen LogP contribution in [0, 0.1) is 11.2 Å². The molecule has 0 spiro atoms. The monoisotopic (exact) mass is 343 g/mol. The summed E-state index contributed by atoms with van der Waals surface area (Å²) in [5, 5.41) is 10.0. The van der Waals surface area contributed by atoms with Gasteiger partial charge in [-0.3, -0.25) is 4.79 Å². The molecule has 0 bridgehead atoms. The van der Waals surface area contributed by atoms with Crippen molar-refractivity contribution in [2.45, 2.75) is 25.7 Å². The number of hydrogen-bond acceptors (Lipinski definition) is 3. The molecule has 1 aromatic carbocycles. The van der Waals surface area contributed by atoms with Gasteiger partial charge in [0.15, 0.2) is 0 Å². The van der Waals surface area contributed by atoms with Crippen molar-refractivity contribution in [3.63, 3.8) is 0 Å². The number of hydrogen-bond donors (Lipinski definition) is 1. The van der Waals surface area contributed by atoms with Gasteiger partial charge in [-0.05, 0) is 31.4 Å². The van der Waals surface area contributed by atoms with Gasteiger partial charge in [0.1, 0.15) is 5.82 Å². The van der Waals surface area contributed by atoms with Gasteiger partial charge in [-0.2, -0.15) is 0 Å². The fourth-order valence-electron chi connectivity index (χ4n) is 3.12. The Balaban J connectivity index is 2.07. The van der Waals surface area contributed by atoms with Crippen LogP contribution in [0.5, 0.6) is 0 Å². The van der Waals surface area contributed by atoms with Gasteiger partial charge < -0.3 is 14.7 Å². The second kappa shape index (κ2) is 8.08. The summed E-state index contributed by atoms with van der Waals surface area (Å²) in [6, 6.07) is 4.41. The molecular formula is C17H23ClFNO3. The van der Waals surface area contributed by atoms with Crippen molar-refractivity contribution < 1.29 is 19.0 Å². The first kappa shape index (κ1) is 18.2. The highest BCUT2D eigenvalue weighted by atomic mass is 35.5. The number of carbonyl (C=O) groups excluding carboxylic acids is 1. The van der Waals surface area contributed by atoms with Crippen LogP contribution >= 0.6 is 11.6 Å². The Morgan fingerprint density at radius 2 is 2.30 bits per heavy atom. The van der Waals surface area contributed by atoms with E-state index in [2.05, 4.69) is 0 Å². The highest BCUT2D eigenvalue weighted by Gasteiger charge is 2.36. The molecule has 1 aromatic rings. The van der Waals surface area contributed by atoms with Crippen molar-refractivity contribution in [3.8, 4) is 0 Å². The summed E-state index contributed by atoms with van der Waals surface area (Å²) in [5.41, 5.74) is -0.0978. The highest BCUT2D eigenvalue weighted by Crippen LogP contribution is 2.33. The first-order valence-corrected chi connectivity index (χ1v) is 8.19. The predicted molar refractivity (Wildman–Crippen MR) is 86.9 cm³/mol. The van der Waals surface area contributed by atoms with Crippen LogP contribution in [0.1, 0.15) is 24.8 Å². The maximum Gasteiger partial charge on any atom is 0.227 e. The standard InChI is InChI=1S/C17H23ClFNO3/c1-23-9-7-17(12-21)6-3-8-20(11-17)16(22)10-13-14(18)4-2-5-15(13)19/h2,4-5,21H,3,6-12H2,1H3/t17-/m0/s1. The molecule has 1 fully saturated rings. The number of nitrogens with zero attached hydrogens (tertiary/aromatic N) is 1. The number of methoxy groups -OCH3 is 1. The summed E-state index contributed by atoms with van der Waals surface area (Å²) in [6.07, 6.45) is 2.32. The zero-order chi connectivity index (χ0) is 16.9. The van der Waals surface area contributed by atoms with Crippen LogP contribution in [0.3, 0.4) is 0 Å². The van der Waals surface area contributed by atoms with Crippen LogP contribution in [0.4, 0.5) is 4.39 Å². The van der Waals surface area contributed by atoms with Crippen LogP contribution in [0.25, 0.3) is 0 Å². The van der Waals surface area contributed by atoms with E-state index in [1.807, 2.05) is 0 Å². The van der Waals surface area contributed by atoms with Crippen molar-refractivity contribution in [2.75, 3.05) is 33.4 Å². The van der Waals surface area contributed by atoms with Crippen molar-refractivity contribution in [2.24, 2.45) is 5.41 Å². The fourth-order valence-corrected chi connectivity index (χ4v) is 3.35. The Hall–Kier alpha value is -1.17. The Labute approximate surface area is 141 Å². The summed E-state index contributed by atoms with van der Waals surface area (Å²) in [7, 11) is 1.62. The number of ether oxygens (including phenoxy) is 1. The molecule has 4 nitrogen and oxygen atoms in total. The van der Waals surface area contributed by atoms with E-state index in [0.29, 0.717) is 26.1 Å². The molecule has 0 aromatic heterocycles. The number of amides is 1. The molecule has 0 unspecified atom stereocenters. The van der Waals surface area contributed by atoms with E-state index in [4.69, 9.17) is 16.3 Å². The van der Waals surface area contributed by atoms with Gasteiger partial charge in [0, 0.05) is 42.8 Å². The second-order valence-corrected chi connectivity index (χ2v) is 6.60. The highest BCUT2D eigenvalue weighted by molar-refractivity contribution is 6.31. The number of halogens is 2. The third kappa shape index (κ3) is 4.43. The molecular weight excluding hydrogens is 321 g/mol. The van der Waals surface area contributed by atoms with Crippen molar-refractivity contribution >= 4 is 17.5 Å². The lowest BCUT2D eigenvalue weighted by molar-refractivity contribution is -0.135. The van der Waals surface area contributed by atoms with Crippen molar-refractivity contribution in [1.82, 2.24) is 4.90 Å². The molecule has 2 rings (SSSR count). The molecule has 0 saturated carbocycles. The van der Waals surface area contributed by atoms with E-state index in [-0.39, 0.29) is 34.9 Å². The Morgan fingerprint density at radius 3 is 2.96 bits per heavy atom. The Bertz CT molecular complexity index is 534. The number of benzene rings is 1. The number of piperidine rings is 1. The van der Waals surface area contributed by atoms with Gasteiger partial charge in [0.05, 0.1) is 13.0 Å². The second-order valence-electron chi connectivity index (χ2n) is 6.20. The SMILES string of the molecule is COCC[C@@]1(CO)CCCN(C(=O)Cc2c(F)cccc2Cl)C1. The lowest BCUT2D eigenvalue weighted by Crippen LogP contribution is -2.48. The molecule has 128 valence electrons. The predicted octanol–water partition coefficient (Wildman–Crippen LogP) is 2.66.